The minimum Gasteiger partial charge on any atom is -0.330 e. The number of hydrogen-bond donors (Lipinski definition) is 1. The van der Waals surface area contributed by atoms with Gasteiger partial charge in [-0.3, -0.25) is 4.79 Å². The lowest BCUT2D eigenvalue weighted by Crippen LogP contribution is -2.10. The van der Waals surface area contributed by atoms with Gasteiger partial charge in [-0.15, -0.1) is 6.58 Å². The molecule has 0 radical (unpaired) electrons. The van der Waals surface area contributed by atoms with E-state index in [9.17, 15) is 9.59 Å². The molecule has 1 rings (SSSR count). The van der Waals surface area contributed by atoms with E-state index in [1.54, 1.807) is 6.92 Å². The lowest BCUT2D eigenvalue weighted by molar-refractivity contribution is -0.119. The van der Waals surface area contributed by atoms with E-state index in [2.05, 4.69) is 18.5 Å². The van der Waals surface area contributed by atoms with Crippen LogP contribution in [0.3, 0.4) is 0 Å². The Kier molecular flexibility index (Phi) is 7.18. The molecule has 90 valence electrons. The second-order valence-electron chi connectivity index (χ2n) is 4.16. The lowest BCUT2D eigenvalue weighted by Gasteiger charge is -1.94. The van der Waals surface area contributed by atoms with Gasteiger partial charge in [0.1, 0.15) is 5.78 Å². The highest BCUT2D eigenvalue weighted by atomic mass is 16.1. The van der Waals surface area contributed by atoms with Gasteiger partial charge in [0.25, 0.3) is 0 Å². The zero-order valence-electron chi connectivity index (χ0n) is 10.3. The van der Waals surface area contributed by atoms with Crippen LogP contribution >= 0.6 is 0 Å². The average Bonchev–Trinajstić information content (AvgIpc) is 2.49. The van der Waals surface area contributed by atoms with Crippen molar-refractivity contribution in [1.29, 1.82) is 0 Å². The zero-order chi connectivity index (χ0) is 12.6. The SMILES string of the molecule is C=C(C)CCCC(C)=O.C=C1CCC(=O)N1. The second-order valence-corrected chi connectivity index (χ2v) is 4.16. The van der Waals surface area contributed by atoms with E-state index in [0.29, 0.717) is 12.8 Å². The minimum atomic E-state index is 0.102. The van der Waals surface area contributed by atoms with Crippen LogP contribution in [0.4, 0.5) is 0 Å². The predicted octanol–water partition coefficient (Wildman–Crippen LogP) is 2.73. The van der Waals surface area contributed by atoms with E-state index in [0.717, 1.165) is 30.5 Å². The first-order valence-corrected chi connectivity index (χ1v) is 5.53. The van der Waals surface area contributed by atoms with Crippen molar-refractivity contribution in [2.45, 2.75) is 46.0 Å². The van der Waals surface area contributed by atoms with Crippen molar-refractivity contribution in [2.75, 3.05) is 0 Å². The Morgan fingerprint density at radius 3 is 2.19 bits per heavy atom. The van der Waals surface area contributed by atoms with Gasteiger partial charge in [-0.2, -0.15) is 0 Å². The summed E-state index contributed by atoms with van der Waals surface area (Å²) in [6.45, 7) is 10.9. The summed E-state index contributed by atoms with van der Waals surface area (Å²) in [5.74, 6) is 0.376. The molecule has 0 unspecified atom stereocenters. The Hall–Kier alpha value is -1.38. The van der Waals surface area contributed by atoms with Crippen LogP contribution in [0.25, 0.3) is 0 Å². The van der Waals surface area contributed by atoms with Crippen molar-refractivity contribution in [1.82, 2.24) is 5.32 Å². The molecule has 1 saturated heterocycles. The van der Waals surface area contributed by atoms with Gasteiger partial charge >= 0.3 is 0 Å². The number of allylic oxidation sites excluding steroid dienone is 2. The predicted molar refractivity (Wildman–Crippen MR) is 65.9 cm³/mol. The quantitative estimate of drug-likeness (QED) is 0.745. The molecule has 0 aromatic heterocycles. The number of hydrogen-bond acceptors (Lipinski definition) is 2. The standard InChI is InChI=1S/C8H14O.C5H7NO/c1-7(2)5-4-6-8(3)9;1-4-2-3-5(7)6-4/h1,4-6H2,2-3H3;1-3H2,(H,6,7). The van der Waals surface area contributed by atoms with E-state index in [1.165, 1.54) is 0 Å². The van der Waals surface area contributed by atoms with Gasteiger partial charge in [-0.05, 0) is 33.1 Å². The zero-order valence-corrected chi connectivity index (χ0v) is 10.3. The molecule has 0 aliphatic carbocycles. The third-order valence-corrected chi connectivity index (χ3v) is 2.10. The number of ketones is 1. The van der Waals surface area contributed by atoms with Crippen molar-refractivity contribution in [3.05, 3.63) is 24.4 Å². The summed E-state index contributed by atoms with van der Waals surface area (Å²) >= 11 is 0. The summed E-state index contributed by atoms with van der Waals surface area (Å²) in [6, 6.07) is 0. The van der Waals surface area contributed by atoms with Crippen LogP contribution in [0.2, 0.25) is 0 Å². The van der Waals surface area contributed by atoms with Gasteiger partial charge in [-0.1, -0.05) is 12.2 Å². The van der Waals surface area contributed by atoms with Crippen molar-refractivity contribution >= 4 is 11.7 Å². The summed E-state index contributed by atoms with van der Waals surface area (Å²) in [5.41, 5.74) is 2.02. The third-order valence-electron chi connectivity index (χ3n) is 2.10. The Morgan fingerprint density at radius 2 is 1.94 bits per heavy atom. The van der Waals surface area contributed by atoms with Gasteiger partial charge < -0.3 is 10.1 Å². The molecule has 0 aromatic rings. The number of rotatable bonds is 4. The molecule has 1 amide bonds. The fourth-order valence-electron chi connectivity index (χ4n) is 1.23. The fraction of sp³-hybridized carbons (Fsp3) is 0.538. The highest BCUT2D eigenvalue weighted by Crippen LogP contribution is 2.05. The Bertz CT molecular complexity index is 264. The number of amides is 1. The van der Waals surface area contributed by atoms with Crippen LogP contribution in [0.15, 0.2) is 24.4 Å². The molecular formula is C13H21NO2. The maximum atomic E-state index is 10.4. The lowest BCUT2D eigenvalue weighted by atomic mass is 10.1. The molecule has 0 atom stereocenters. The first kappa shape index (κ1) is 14.6. The van der Waals surface area contributed by atoms with E-state index >= 15 is 0 Å². The first-order valence-electron chi connectivity index (χ1n) is 5.53. The molecule has 3 heteroatoms. The molecule has 0 spiro atoms. The van der Waals surface area contributed by atoms with Crippen molar-refractivity contribution < 1.29 is 9.59 Å². The molecule has 0 bridgehead atoms. The normalized spacial score (nSPS) is 13.9. The smallest absolute Gasteiger partial charge is 0.224 e. The van der Waals surface area contributed by atoms with E-state index in [1.807, 2.05) is 6.92 Å². The highest BCUT2D eigenvalue weighted by molar-refractivity contribution is 5.80. The highest BCUT2D eigenvalue weighted by Gasteiger charge is 2.10. The van der Waals surface area contributed by atoms with Crippen LogP contribution < -0.4 is 5.32 Å². The molecule has 0 aromatic carbocycles. The fourth-order valence-corrected chi connectivity index (χ4v) is 1.23. The first-order chi connectivity index (χ1) is 7.41. The van der Waals surface area contributed by atoms with Crippen LogP contribution in [0, 0.1) is 0 Å². The Morgan fingerprint density at radius 1 is 1.31 bits per heavy atom. The summed E-state index contributed by atoms with van der Waals surface area (Å²) in [5, 5.41) is 2.58. The monoisotopic (exact) mass is 223 g/mol. The minimum absolute atomic E-state index is 0.102. The second kappa shape index (κ2) is 7.85. The summed E-state index contributed by atoms with van der Waals surface area (Å²) < 4.78 is 0. The molecule has 16 heavy (non-hydrogen) atoms. The number of nitrogens with one attached hydrogen (secondary N) is 1. The Balaban J connectivity index is 0.000000288. The van der Waals surface area contributed by atoms with E-state index in [4.69, 9.17) is 0 Å². The molecule has 1 fully saturated rings. The van der Waals surface area contributed by atoms with Gasteiger partial charge in [-0.25, -0.2) is 0 Å². The number of Topliss-reactive ketones (excluding diaryl/α,β-unsaturated/α-hetero) is 1. The van der Waals surface area contributed by atoms with Crippen LogP contribution in [-0.4, -0.2) is 11.7 Å². The topological polar surface area (TPSA) is 46.2 Å². The molecule has 3 nitrogen and oxygen atoms in total. The number of carbonyl (C=O) groups is 2. The molecule has 1 N–H and O–H groups in total. The van der Waals surface area contributed by atoms with Crippen molar-refractivity contribution in [2.24, 2.45) is 0 Å². The summed E-state index contributed by atoms with van der Waals surface area (Å²) in [7, 11) is 0. The van der Waals surface area contributed by atoms with Crippen LogP contribution in [-0.2, 0) is 9.59 Å². The maximum absolute atomic E-state index is 10.4. The molecule has 0 saturated carbocycles. The van der Waals surface area contributed by atoms with Crippen molar-refractivity contribution in [3.8, 4) is 0 Å². The van der Waals surface area contributed by atoms with Gasteiger partial charge in [0.15, 0.2) is 0 Å². The van der Waals surface area contributed by atoms with Gasteiger partial charge in [0.05, 0.1) is 0 Å². The Labute approximate surface area is 97.6 Å². The molecule has 1 aliphatic heterocycles. The molecular weight excluding hydrogens is 202 g/mol. The van der Waals surface area contributed by atoms with E-state index in [-0.39, 0.29) is 11.7 Å². The van der Waals surface area contributed by atoms with Crippen molar-refractivity contribution in [3.63, 3.8) is 0 Å². The molecule has 1 aliphatic rings. The van der Waals surface area contributed by atoms with E-state index < -0.39 is 0 Å². The maximum Gasteiger partial charge on any atom is 0.224 e. The average molecular weight is 223 g/mol. The van der Waals surface area contributed by atoms with Crippen LogP contribution in [0.1, 0.15) is 46.0 Å². The van der Waals surface area contributed by atoms with Gasteiger partial charge in [0.2, 0.25) is 5.91 Å². The number of carbonyl (C=O) groups excluding carboxylic acids is 2. The third kappa shape index (κ3) is 9.19. The largest absolute Gasteiger partial charge is 0.330 e. The van der Waals surface area contributed by atoms with Crippen LogP contribution in [0.5, 0.6) is 0 Å². The molecule has 1 heterocycles. The summed E-state index contributed by atoms with van der Waals surface area (Å²) in [4.78, 5) is 20.7. The summed E-state index contributed by atoms with van der Waals surface area (Å²) in [6.07, 6.45) is 4.09. The van der Waals surface area contributed by atoms with Gasteiger partial charge in [0, 0.05) is 18.5 Å².